The molecule has 1 aromatic carbocycles. The molecule has 0 bridgehead atoms. The molecule has 1 heterocycles. The SMILES string of the molecule is Cc1cn(C)c(COc2ccc(Cl)cc2)n1. The van der Waals surface area contributed by atoms with Crippen molar-refractivity contribution >= 4 is 11.6 Å². The normalized spacial score (nSPS) is 10.4. The molecule has 0 amide bonds. The quantitative estimate of drug-likeness (QED) is 0.819. The molecular formula is C12H13ClN2O. The molecule has 0 aliphatic carbocycles. The van der Waals surface area contributed by atoms with Gasteiger partial charge in [0, 0.05) is 18.3 Å². The number of imidazole rings is 1. The van der Waals surface area contributed by atoms with Crippen LogP contribution in [0.1, 0.15) is 11.5 Å². The maximum absolute atomic E-state index is 5.79. The van der Waals surface area contributed by atoms with Crippen molar-refractivity contribution in [2.45, 2.75) is 13.5 Å². The van der Waals surface area contributed by atoms with E-state index in [1.165, 1.54) is 0 Å². The van der Waals surface area contributed by atoms with Gasteiger partial charge in [-0.15, -0.1) is 0 Å². The van der Waals surface area contributed by atoms with Crippen LogP contribution in [-0.4, -0.2) is 9.55 Å². The molecule has 3 nitrogen and oxygen atoms in total. The first kappa shape index (κ1) is 11.0. The highest BCUT2D eigenvalue weighted by Gasteiger charge is 2.03. The molecule has 84 valence electrons. The first-order valence-electron chi connectivity index (χ1n) is 5.02. The number of nitrogens with zero attached hydrogens (tertiary/aromatic N) is 2. The van der Waals surface area contributed by atoms with E-state index in [2.05, 4.69) is 4.98 Å². The fraction of sp³-hybridized carbons (Fsp3) is 0.250. The Morgan fingerprint density at radius 2 is 2.00 bits per heavy atom. The molecule has 0 radical (unpaired) electrons. The highest BCUT2D eigenvalue weighted by atomic mass is 35.5. The van der Waals surface area contributed by atoms with E-state index in [1.807, 2.05) is 36.9 Å². The molecule has 0 N–H and O–H groups in total. The zero-order chi connectivity index (χ0) is 11.5. The molecule has 0 saturated carbocycles. The van der Waals surface area contributed by atoms with Crippen molar-refractivity contribution in [1.29, 1.82) is 0 Å². The van der Waals surface area contributed by atoms with Gasteiger partial charge >= 0.3 is 0 Å². The molecular weight excluding hydrogens is 224 g/mol. The monoisotopic (exact) mass is 236 g/mol. The highest BCUT2D eigenvalue weighted by molar-refractivity contribution is 6.30. The Morgan fingerprint density at radius 3 is 2.56 bits per heavy atom. The third-order valence-electron chi connectivity index (χ3n) is 2.27. The maximum atomic E-state index is 5.79. The fourth-order valence-electron chi connectivity index (χ4n) is 1.48. The average molecular weight is 237 g/mol. The lowest BCUT2D eigenvalue weighted by Gasteiger charge is -2.05. The van der Waals surface area contributed by atoms with Crippen LogP contribution in [0.25, 0.3) is 0 Å². The first-order chi connectivity index (χ1) is 7.65. The minimum absolute atomic E-state index is 0.464. The molecule has 2 rings (SSSR count). The number of rotatable bonds is 3. The van der Waals surface area contributed by atoms with Gasteiger partial charge in [0.25, 0.3) is 0 Å². The van der Waals surface area contributed by atoms with Crippen molar-refractivity contribution in [2.75, 3.05) is 0 Å². The summed E-state index contributed by atoms with van der Waals surface area (Å²) in [5, 5.41) is 0.709. The summed E-state index contributed by atoms with van der Waals surface area (Å²) in [6.45, 7) is 2.43. The lowest BCUT2D eigenvalue weighted by atomic mass is 10.3. The van der Waals surface area contributed by atoms with Crippen LogP contribution in [0.3, 0.4) is 0 Å². The van der Waals surface area contributed by atoms with Gasteiger partial charge in [-0.3, -0.25) is 0 Å². The van der Waals surface area contributed by atoms with Gasteiger partial charge < -0.3 is 9.30 Å². The Morgan fingerprint density at radius 1 is 1.31 bits per heavy atom. The Bertz CT molecular complexity index is 476. The topological polar surface area (TPSA) is 27.1 Å². The largest absolute Gasteiger partial charge is 0.486 e. The van der Waals surface area contributed by atoms with Crippen LogP contribution in [0, 0.1) is 6.92 Å². The molecule has 16 heavy (non-hydrogen) atoms. The van der Waals surface area contributed by atoms with Gasteiger partial charge in [0.05, 0.1) is 5.69 Å². The number of halogens is 1. The average Bonchev–Trinajstić information content (AvgIpc) is 2.57. The van der Waals surface area contributed by atoms with Crippen LogP contribution in [0.15, 0.2) is 30.5 Å². The van der Waals surface area contributed by atoms with E-state index < -0.39 is 0 Å². The number of aromatic nitrogens is 2. The number of hydrogen-bond acceptors (Lipinski definition) is 2. The van der Waals surface area contributed by atoms with Crippen LogP contribution in [0.2, 0.25) is 5.02 Å². The first-order valence-corrected chi connectivity index (χ1v) is 5.40. The van der Waals surface area contributed by atoms with Crippen molar-refractivity contribution in [3.05, 3.63) is 47.0 Å². The lowest BCUT2D eigenvalue weighted by molar-refractivity contribution is 0.291. The second-order valence-electron chi connectivity index (χ2n) is 3.65. The van der Waals surface area contributed by atoms with Crippen molar-refractivity contribution in [1.82, 2.24) is 9.55 Å². The van der Waals surface area contributed by atoms with Gasteiger partial charge in [0.15, 0.2) is 0 Å². The molecule has 0 saturated heterocycles. The second kappa shape index (κ2) is 4.58. The van der Waals surface area contributed by atoms with Crippen LogP contribution >= 0.6 is 11.6 Å². The van der Waals surface area contributed by atoms with Gasteiger partial charge in [-0.25, -0.2) is 4.98 Å². The van der Waals surface area contributed by atoms with E-state index in [1.54, 1.807) is 12.1 Å². The van der Waals surface area contributed by atoms with Crippen LogP contribution in [-0.2, 0) is 13.7 Å². The third-order valence-corrected chi connectivity index (χ3v) is 2.53. The summed E-state index contributed by atoms with van der Waals surface area (Å²) in [7, 11) is 1.96. The summed E-state index contributed by atoms with van der Waals surface area (Å²) in [6, 6.07) is 7.30. The second-order valence-corrected chi connectivity index (χ2v) is 4.09. The van der Waals surface area contributed by atoms with Crippen LogP contribution in [0.4, 0.5) is 0 Å². The molecule has 0 unspecified atom stereocenters. The number of hydrogen-bond donors (Lipinski definition) is 0. The third kappa shape index (κ3) is 2.55. The molecule has 1 aromatic heterocycles. The van der Waals surface area contributed by atoms with Crippen molar-refractivity contribution in [3.8, 4) is 5.75 Å². The van der Waals surface area contributed by atoms with Crippen molar-refractivity contribution in [3.63, 3.8) is 0 Å². The number of benzene rings is 1. The maximum Gasteiger partial charge on any atom is 0.146 e. The van der Waals surface area contributed by atoms with Gasteiger partial charge in [-0.1, -0.05) is 11.6 Å². The minimum atomic E-state index is 0.464. The molecule has 0 spiro atoms. The van der Waals surface area contributed by atoms with Gasteiger partial charge in [-0.2, -0.15) is 0 Å². The molecule has 0 fully saturated rings. The fourth-order valence-corrected chi connectivity index (χ4v) is 1.60. The minimum Gasteiger partial charge on any atom is -0.486 e. The van der Waals surface area contributed by atoms with Crippen molar-refractivity contribution < 1.29 is 4.74 Å². The molecule has 2 aromatic rings. The van der Waals surface area contributed by atoms with Gasteiger partial charge in [0.1, 0.15) is 18.2 Å². The van der Waals surface area contributed by atoms with E-state index in [4.69, 9.17) is 16.3 Å². The van der Waals surface area contributed by atoms with E-state index in [0.717, 1.165) is 17.3 Å². The smallest absolute Gasteiger partial charge is 0.146 e. The Hall–Kier alpha value is -1.48. The van der Waals surface area contributed by atoms with Gasteiger partial charge in [-0.05, 0) is 31.2 Å². The Kier molecular flexibility index (Phi) is 3.15. The van der Waals surface area contributed by atoms with Crippen molar-refractivity contribution in [2.24, 2.45) is 7.05 Å². The van der Waals surface area contributed by atoms with E-state index >= 15 is 0 Å². The molecule has 0 aliphatic heterocycles. The molecule has 0 aliphatic rings. The lowest BCUT2D eigenvalue weighted by Crippen LogP contribution is -2.02. The summed E-state index contributed by atoms with van der Waals surface area (Å²) in [6.07, 6.45) is 1.97. The Labute approximate surface area is 99.6 Å². The standard InChI is InChI=1S/C12H13ClN2O/c1-9-7-15(2)12(14-9)8-16-11-5-3-10(13)4-6-11/h3-7H,8H2,1-2H3. The summed E-state index contributed by atoms with van der Waals surface area (Å²) in [5.41, 5.74) is 0.997. The summed E-state index contributed by atoms with van der Waals surface area (Å²) >= 11 is 5.79. The molecule has 4 heteroatoms. The Balaban J connectivity index is 2.02. The summed E-state index contributed by atoms with van der Waals surface area (Å²) in [4.78, 5) is 4.35. The van der Waals surface area contributed by atoms with E-state index in [0.29, 0.717) is 11.6 Å². The number of aryl methyl sites for hydroxylation is 2. The van der Waals surface area contributed by atoms with E-state index in [9.17, 15) is 0 Å². The zero-order valence-corrected chi connectivity index (χ0v) is 10.0. The predicted octanol–water partition coefficient (Wildman–Crippen LogP) is 2.96. The predicted molar refractivity (Wildman–Crippen MR) is 63.7 cm³/mol. The molecule has 0 atom stereocenters. The van der Waals surface area contributed by atoms with Crippen LogP contribution in [0.5, 0.6) is 5.75 Å². The van der Waals surface area contributed by atoms with Gasteiger partial charge in [0.2, 0.25) is 0 Å². The summed E-state index contributed by atoms with van der Waals surface area (Å²) in [5.74, 6) is 1.71. The van der Waals surface area contributed by atoms with E-state index in [-0.39, 0.29) is 0 Å². The number of ether oxygens (including phenoxy) is 1. The highest BCUT2D eigenvalue weighted by Crippen LogP contribution is 2.16. The van der Waals surface area contributed by atoms with Crippen LogP contribution < -0.4 is 4.74 Å². The zero-order valence-electron chi connectivity index (χ0n) is 9.27. The summed E-state index contributed by atoms with van der Waals surface area (Å²) < 4.78 is 7.56.